The highest BCUT2D eigenvalue weighted by atomic mass is 16.7. The number of fused-ring (bicyclic) bond motifs is 1. The number of benzene rings is 1. The number of rotatable bonds is 6. The number of ether oxygens (including phenoxy) is 2. The summed E-state index contributed by atoms with van der Waals surface area (Å²) in [5.41, 5.74) is 0.903. The Labute approximate surface area is 136 Å². The van der Waals surface area contributed by atoms with E-state index in [4.69, 9.17) is 9.47 Å². The average Bonchev–Trinajstić information content (AvgIpc) is 2.94. The van der Waals surface area contributed by atoms with Gasteiger partial charge in [-0.1, -0.05) is 13.8 Å². The van der Waals surface area contributed by atoms with E-state index in [1.165, 1.54) is 0 Å². The maximum atomic E-state index is 5.39. The van der Waals surface area contributed by atoms with E-state index < -0.39 is 0 Å². The molecule has 2 heterocycles. The van der Waals surface area contributed by atoms with E-state index in [2.05, 4.69) is 34.4 Å². The smallest absolute Gasteiger partial charge is 0.231 e. The van der Waals surface area contributed by atoms with Crippen LogP contribution in [0.15, 0.2) is 24.3 Å². The molecule has 6 nitrogen and oxygen atoms in total. The third kappa shape index (κ3) is 4.03. The van der Waals surface area contributed by atoms with Gasteiger partial charge in [-0.05, 0) is 31.4 Å². The molecular weight excluding hydrogens is 292 g/mol. The summed E-state index contributed by atoms with van der Waals surface area (Å²) in [5.74, 6) is 4.49. The maximum absolute atomic E-state index is 5.39. The van der Waals surface area contributed by atoms with Crippen molar-refractivity contribution < 1.29 is 9.47 Å². The summed E-state index contributed by atoms with van der Waals surface area (Å²) >= 11 is 0. The molecule has 0 saturated carbocycles. The second-order valence-corrected chi connectivity index (χ2v) is 5.99. The molecule has 0 aliphatic carbocycles. The Balaban J connectivity index is 1.71. The molecule has 2 aromatic rings. The van der Waals surface area contributed by atoms with Crippen molar-refractivity contribution in [1.82, 2.24) is 9.97 Å². The lowest BCUT2D eigenvalue weighted by Crippen LogP contribution is -2.08. The number of aryl methyl sites for hydroxylation is 1. The minimum absolute atomic E-state index is 0.273. The molecule has 6 heteroatoms. The second-order valence-electron chi connectivity index (χ2n) is 5.99. The number of aromatic nitrogens is 2. The minimum atomic E-state index is 0.273. The zero-order valence-corrected chi connectivity index (χ0v) is 13.7. The summed E-state index contributed by atoms with van der Waals surface area (Å²) in [6, 6.07) is 7.65. The van der Waals surface area contributed by atoms with E-state index >= 15 is 0 Å². The van der Waals surface area contributed by atoms with Gasteiger partial charge in [0.25, 0.3) is 0 Å². The summed E-state index contributed by atoms with van der Waals surface area (Å²) < 4.78 is 10.7. The van der Waals surface area contributed by atoms with Crippen LogP contribution in [0.1, 0.15) is 26.1 Å². The quantitative estimate of drug-likeness (QED) is 0.847. The van der Waals surface area contributed by atoms with Crippen LogP contribution in [0.25, 0.3) is 0 Å². The van der Waals surface area contributed by atoms with E-state index in [1.54, 1.807) is 0 Å². The molecule has 0 spiro atoms. The Morgan fingerprint density at radius 3 is 2.70 bits per heavy atom. The van der Waals surface area contributed by atoms with Crippen molar-refractivity contribution in [3.05, 3.63) is 30.1 Å². The number of nitrogens with one attached hydrogen (secondary N) is 2. The first kappa shape index (κ1) is 15.4. The lowest BCUT2D eigenvalue weighted by Gasteiger charge is -2.11. The monoisotopic (exact) mass is 314 g/mol. The van der Waals surface area contributed by atoms with Crippen LogP contribution < -0.4 is 20.1 Å². The first-order valence-electron chi connectivity index (χ1n) is 7.86. The number of hydrogen-bond donors (Lipinski definition) is 2. The van der Waals surface area contributed by atoms with Crippen molar-refractivity contribution in [1.29, 1.82) is 0 Å². The van der Waals surface area contributed by atoms with Crippen molar-refractivity contribution in [3.63, 3.8) is 0 Å². The zero-order valence-electron chi connectivity index (χ0n) is 13.7. The fourth-order valence-electron chi connectivity index (χ4n) is 2.33. The minimum Gasteiger partial charge on any atom is -0.454 e. The van der Waals surface area contributed by atoms with Crippen LogP contribution in [0, 0.1) is 12.8 Å². The highest BCUT2D eigenvalue weighted by molar-refractivity contribution is 5.63. The van der Waals surface area contributed by atoms with E-state index in [1.807, 2.05) is 31.2 Å². The normalized spacial score (nSPS) is 12.5. The molecule has 0 amide bonds. The van der Waals surface area contributed by atoms with Crippen molar-refractivity contribution in [2.75, 3.05) is 24.0 Å². The molecule has 0 unspecified atom stereocenters. The van der Waals surface area contributed by atoms with Crippen LogP contribution in [0.4, 0.5) is 17.3 Å². The third-order valence-electron chi connectivity index (χ3n) is 3.51. The van der Waals surface area contributed by atoms with E-state index in [0.29, 0.717) is 5.92 Å². The Hall–Kier alpha value is -2.50. The van der Waals surface area contributed by atoms with Crippen LogP contribution in [-0.2, 0) is 0 Å². The molecule has 0 fully saturated rings. The van der Waals surface area contributed by atoms with E-state index in [9.17, 15) is 0 Å². The zero-order chi connectivity index (χ0) is 16.2. The van der Waals surface area contributed by atoms with Crippen LogP contribution in [0.5, 0.6) is 11.5 Å². The number of anilines is 3. The van der Waals surface area contributed by atoms with Gasteiger partial charge >= 0.3 is 0 Å². The molecule has 1 aromatic carbocycles. The maximum Gasteiger partial charge on any atom is 0.231 e. The molecule has 0 bridgehead atoms. The molecule has 0 atom stereocenters. The molecule has 1 aliphatic rings. The van der Waals surface area contributed by atoms with Gasteiger partial charge in [-0.25, -0.2) is 9.97 Å². The summed E-state index contributed by atoms with van der Waals surface area (Å²) in [6.45, 7) is 7.48. The van der Waals surface area contributed by atoms with Gasteiger partial charge in [0.05, 0.1) is 0 Å². The molecule has 1 aliphatic heterocycles. The second kappa shape index (κ2) is 6.73. The highest BCUT2D eigenvalue weighted by Crippen LogP contribution is 2.35. The summed E-state index contributed by atoms with van der Waals surface area (Å²) in [6.07, 6.45) is 1.11. The molecular formula is C17H22N4O2. The largest absolute Gasteiger partial charge is 0.454 e. The van der Waals surface area contributed by atoms with Gasteiger partial charge in [0.2, 0.25) is 6.79 Å². The Kier molecular flexibility index (Phi) is 4.50. The fourth-order valence-corrected chi connectivity index (χ4v) is 2.33. The van der Waals surface area contributed by atoms with Gasteiger partial charge in [0.1, 0.15) is 17.5 Å². The highest BCUT2D eigenvalue weighted by Gasteiger charge is 2.13. The average molecular weight is 314 g/mol. The van der Waals surface area contributed by atoms with Crippen molar-refractivity contribution in [3.8, 4) is 11.5 Å². The van der Waals surface area contributed by atoms with Gasteiger partial charge in [0.15, 0.2) is 11.5 Å². The standard InChI is InChI=1S/C17H22N4O2/c1-11(2)6-7-18-16-9-17(20-12(3)19-16)21-13-4-5-14-15(8-13)23-10-22-14/h4-5,8-9,11H,6-7,10H2,1-3H3,(H2,18,19,20,21). The number of nitrogens with zero attached hydrogens (tertiary/aromatic N) is 2. The summed E-state index contributed by atoms with van der Waals surface area (Å²) in [5, 5.41) is 6.64. The van der Waals surface area contributed by atoms with Crippen LogP contribution >= 0.6 is 0 Å². The predicted molar refractivity (Wildman–Crippen MR) is 90.6 cm³/mol. The SMILES string of the molecule is Cc1nc(NCCC(C)C)cc(Nc2ccc3c(c2)OCO3)n1. The first-order chi connectivity index (χ1) is 11.1. The Morgan fingerprint density at radius 1 is 1.09 bits per heavy atom. The van der Waals surface area contributed by atoms with Gasteiger partial charge in [-0.2, -0.15) is 0 Å². The molecule has 122 valence electrons. The lowest BCUT2D eigenvalue weighted by atomic mass is 10.1. The van der Waals surface area contributed by atoms with Crippen LogP contribution in [0.2, 0.25) is 0 Å². The fraction of sp³-hybridized carbons (Fsp3) is 0.412. The van der Waals surface area contributed by atoms with Gasteiger partial charge in [0, 0.05) is 24.4 Å². The first-order valence-corrected chi connectivity index (χ1v) is 7.86. The van der Waals surface area contributed by atoms with Crippen molar-refractivity contribution in [2.45, 2.75) is 27.2 Å². The molecule has 2 N–H and O–H groups in total. The van der Waals surface area contributed by atoms with E-state index in [0.717, 1.165) is 47.6 Å². The lowest BCUT2D eigenvalue weighted by molar-refractivity contribution is 0.174. The summed E-state index contributed by atoms with van der Waals surface area (Å²) in [7, 11) is 0. The van der Waals surface area contributed by atoms with Crippen LogP contribution in [0.3, 0.4) is 0 Å². The van der Waals surface area contributed by atoms with Crippen molar-refractivity contribution in [2.24, 2.45) is 5.92 Å². The summed E-state index contributed by atoms with van der Waals surface area (Å²) in [4.78, 5) is 8.85. The predicted octanol–water partition coefficient (Wildman–Crippen LogP) is 3.72. The molecule has 1 aromatic heterocycles. The molecule has 0 radical (unpaired) electrons. The Morgan fingerprint density at radius 2 is 1.87 bits per heavy atom. The topological polar surface area (TPSA) is 68.3 Å². The molecule has 3 rings (SSSR count). The van der Waals surface area contributed by atoms with E-state index in [-0.39, 0.29) is 6.79 Å². The van der Waals surface area contributed by atoms with Crippen LogP contribution in [-0.4, -0.2) is 23.3 Å². The van der Waals surface area contributed by atoms with Gasteiger partial charge in [-0.3, -0.25) is 0 Å². The molecule has 0 saturated heterocycles. The molecule has 23 heavy (non-hydrogen) atoms. The third-order valence-corrected chi connectivity index (χ3v) is 3.51. The number of hydrogen-bond acceptors (Lipinski definition) is 6. The van der Waals surface area contributed by atoms with Gasteiger partial charge in [-0.15, -0.1) is 0 Å². The van der Waals surface area contributed by atoms with Gasteiger partial charge < -0.3 is 20.1 Å². The Bertz CT molecular complexity index is 688. The van der Waals surface area contributed by atoms with Crippen molar-refractivity contribution >= 4 is 17.3 Å².